The van der Waals surface area contributed by atoms with Gasteiger partial charge in [-0.1, -0.05) is 30.3 Å². The van der Waals surface area contributed by atoms with Crippen molar-refractivity contribution in [3.8, 4) is 0 Å². The molecule has 0 unspecified atom stereocenters. The summed E-state index contributed by atoms with van der Waals surface area (Å²) in [5.74, 6) is -1.16. The van der Waals surface area contributed by atoms with Crippen molar-refractivity contribution in [1.29, 1.82) is 0 Å². The number of ether oxygens (including phenoxy) is 1. The molecule has 0 radical (unpaired) electrons. The fraction of sp³-hybridized carbons (Fsp3) is 0.500. The molecule has 6 nitrogen and oxygen atoms in total. The minimum absolute atomic E-state index is 0.0391. The Morgan fingerprint density at radius 1 is 1.11 bits per heavy atom. The zero-order valence-electron chi connectivity index (χ0n) is 21.2. The van der Waals surface area contributed by atoms with Gasteiger partial charge in [0, 0.05) is 30.1 Å². The van der Waals surface area contributed by atoms with Crippen LogP contribution in [0.4, 0.5) is 18.9 Å². The van der Waals surface area contributed by atoms with E-state index in [9.17, 15) is 22.8 Å². The van der Waals surface area contributed by atoms with E-state index in [1.54, 1.807) is 0 Å². The predicted octanol–water partition coefficient (Wildman–Crippen LogP) is 5.13. The lowest BCUT2D eigenvalue weighted by Gasteiger charge is -2.46. The monoisotopic (exact) mass is 517 g/mol. The number of anilines is 1. The molecule has 2 heterocycles. The fourth-order valence-corrected chi connectivity index (χ4v) is 5.24. The fourth-order valence-electron chi connectivity index (χ4n) is 5.24. The van der Waals surface area contributed by atoms with Gasteiger partial charge in [-0.25, -0.2) is 0 Å². The molecular weight excluding hydrogens is 483 g/mol. The summed E-state index contributed by atoms with van der Waals surface area (Å²) in [6.45, 7) is 1.24. The summed E-state index contributed by atoms with van der Waals surface area (Å²) in [7, 11) is 3.88. The number of fused-ring (bicyclic) bond motifs is 3. The molecule has 1 amide bonds. The summed E-state index contributed by atoms with van der Waals surface area (Å²) in [5.41, 5.74) is 1.45. The van der Waals surface area contributed by atoms with E-state index in [-0.39, 0.29) is 24.5 Å². The summed E-state index contributed by atoms with van der Waals surface area (Å²) in [4.78, 5) is 26.5. The highest BCUT2D eigenvalue weighted by molar-refractivity contribution is 6.36. The highest BCUT2D eigenvalue weighted by Crippen LogP contribution is 2.51. The first-order valence-electron chi connectivity index (χ1n) is 12.8. The maximum atomic E-state index is 13.5. The Balaban J connectivity index is 1.46. The van der Waals surface area contributed by atoms with Crippen LogP contribution >= 0.6 is 0 Å². The maximum absolute atomic E-state index is 13.5. The second-order valence-corrected chi connectivity index (χ2v) is 10.1. The molecular formula is C28H34F3N3O3. The van der Waals surface area contributed by atoms with Gasteiger partial charge in [0.1, 0.15) is 0 Å². The number of carbonyl (C=O) groups is 2. The molecule has 2 N–H and O–H groups in total. The molecule has 1 fully saturated rings. The van der Waals surface area contributed by atoms with Crippen molar-refractivity contribution in [3.63, 3.8) is 0 Å². The van der Waals surface area contributed by atoms with Crippen LogP contribution in [0.2, 0.25) is 0 Å². The van der Waals surface area contributed by atoms with E-state index < -0.39 is 29.5 Å². The van der Waals surface area contributed by atoms with Gasteiger partial charge in [0.2, 0.25) is 5.78 Å². The Bertz CT molecular complexity index is 1090. The first-order chi connectivity index (χ1) is 17.6. The Morgan fingerprint density at radius 2 is 1.86 bits per heavy atom. The molecule has 37 heavy (non-hydrogen) atoms. The van der Waals surface area contributed by atoms with Crippen molar-refractivity contribution in [2.75, 3.05) is 32.5 Å². The molecule has 0 saturated carbocycles. The largest absolute Gasteiger partial charge is 0.416 e. The van der Waals surface area contributed by atoms with Gasteiger partial charge in [0.05, 0.1) is 23.8 Å². The number of halogens is 3. The lowest BCUT2D eigenvalue weighted by atomic mass is 9.76. The van der Waals surface area contributed by atoms with Crippen LogP contribution in [0.3, 0.4) is 0 Å². The third kappa shape index (κ3) is 6.70. The number of nitrogens with one attached hydrogen (secondary N) is 2. The van der Waals surface area contributed by atoms with E-state index in [4.69, 9.17) is 4.74 Å². The lowest BCUT2D eigenvalue weighted by Crippen LogP contribution is -2.39. The zero-order valence-corrected chi connectivity index (χ0v) is 21.2. The van der Waals surface area contributed by atoms with Crippen LogP contribution in [0.1, 0.15) is 60.9 Å². The van der Waals surface area contributed by atoms with Crippen LogP contribution < -0.4 is 10.6 Å². The van der Waals surface area contributed by atoms with Gasteiger partial charge in [-0.05, 0) is 70.1 Å². The molecule has 0 aliphatic carbocycles. The topological polar surface area (TPSA) is 70.7 Å². The van der Waals surface area contributed by atoms with Crippen LogP contribution in [0.25, 0.3) is 0 Å². The third-order valence-electron chi connectivity index (χ3n) is 7.15. The predicted molar refractivity (Wildman–Crippen MR) is 135 cm³/mol. The summed E-state index contributed by atoms with van der Waals surface area (Å²) in [6, 6.07) is 13.5. The number of alkyl halides is 3. The van der Waals surface area contributed by atoms with Crippen molar-refractivity contribution in [1.82, 2.24) is 10.2 Å². The van der Waals surface area contributed by atoms with Crippen LogP contribution in [0, 0.1) is 5.92 Å². The average Bonchev–Trinajstić information content (AvgIpc) is 2.88. The summed E-state index contributed by atoms with van der Waals surface area (Å²) in [6.07, 6.45) is -2.79. The second kappa shape index (κ2) is 11.6. The number of amides is 1. The highest BCUT2D eigenvalue weighted by Gasteiger charge is 2.43. The molecule has 0 spiro atoms. The van der Waals surface area contributed by atoms with E-state index in [2.05, 4.69) is 10.6 Å². The standard InChI is InChI=1S/C28H34F3N3O3/c1-34(2)16-6-15-32-27(36)24(35)14-11-20-10-12-21-25(18-7-4-3-5-8-18)33-23-13-9-19(28(29,30)31)17-22(23)26(21)37-20/h3-5,7-9,13,17,20-21,25-26,33H,6,10-12,14-16H2,1-2H3,(H,32,36)/t20-,21+,25+,26+/m1/s1. The average molecular weight is 518 g/mol. The number of hydrogen-bond acceptors (Lipinski definition) is 5. The molecule has 2 aliphatic heterocycles. The molecule has 1 saturated heterocycles. The normalized spacial score (nSPS) is 23.1. The number of Topliss-reactive ketones (excluding diaryl/α,β-unsaturated/α-hetero) is 1. The van der Waals surface area contributed by atoms with Crippen molar-refractivity contribution in [2.45, 2.75) is 56.5 Å². The number of rotatable bonds is 9. The van der Waals surface area contributed by atoms with Crippen molar-refractivity contribution in [2.24, 2.45) is 5.92 Å². The minimum atomic E-state index is -4.46. The number of carbonyl (C=O) groups excluding carboxylic acids is 2. The first kappa shape index (κ1) is 27.1. The number of nitrogens with zero attached hydrogens (tertiary/aromatic N) is 1. The highest BCUT2D eigenvalue weighted by atomic mass is 19.4. The van der Waals surface area contributed by atoms with Gasteiger partial charge in [-0.15, -0.1) is 0 Å². The van der Waals surface area contributed by atoms with Crippen LogP contribution in [0.15, 0.2) is 48.5 Å². The first-order valence-corrected chi connectivity index (χ1v) is 12.8. The Labute approximate surface area is 215 Å². The molecule has 4 rings (SSSR count). The molecule has 200 valence electrons. The lowest BCUT2D eigenvalue weighted by molar-refractivity contribution is -0.139. The van der Waals surface area contributed by atoms with Crippen LogP contribution in [-0.4, -0.2) is 49.9 Å². The number of ketones is 1. The Hall–Kier alpha value is -2.91. The summed E-state index contributed by atoms with van der Waals surface area (Å²) < 4.78 is 46.9. The molecule has 9 heteroatoms. The van der Waals surface area contributed by atoms with E-state index in [0.29, 0.717) is 30.6 Å². The molecule has 2 aromatic carbocycles. The van der Waals surface area contributed by atoms with Crippen LogP contribution in [0.5, 0.6) is 0 Å². The van der Waals surface area contributed by atoms with Crippen molar-refractivity contribution < 1.29 is 27.5 Å². The van der Waals surface area contributed by atoms with Gasteiger partial charge >= 0.3 is 6.18 Å². The summed E-state index contributed by atoms with van der Waals surface area (Å²) in [5, 5.41) is 6.10. The summed E-state index contributed by atoms with van der Waals surface area (Å²) >= 11 is 0. The number of hydrogen-bond donors (Lipinski definition) is 2. The Kier molecular flexibility index (Phi) is 8.54. The Morgan fingerprint density at radius 3 is 2.57 bits per heavy atom. The number of benzene rings is 2. The smallest absolute Gasteiger partial charge is 0.378 e. The van der Waals surface area contributed by atoms with E-state index in [0.717, 1.165) is 31.0 Å². The van der Waals surface area contributed by atoms with Crippen LogP contribution in [-0.2, 0) is 20.5 Å². The quantitative estimate of drug-likeness (QED) is 0.357. The van der Waals surface area contributed by atoms with E-state index >= 15 is 0 Å². The van der Waals surface area contributed by atoms with Crippen molar-refractivity contribution in [3.05, 3.63) is 65.2 Å². The molecule has 2 aliphatic rings. The third-order valence-corrected chi connectivity index (χ3v) is 7.15. The van der Waals surface area contributed by atoms with Crippen molar-refractivity contribution >= 4 is 17.4 Å². The second-order valence-electron chi connectivity index (χ2n) is 10.1. The van der Waals surface area contributed by atoms with E-state index in [1.807, 2.05) is 49.3 Å². The molecule has 0 bridgehead atoms. The van der Waals surface area contributed by atoms with E-state index in [1.165, 1.54) is 12.1 Å². The maximum Gasteiger partial charge on any atom is 0.416 e. The molecule has 2 aromatic rings. The zero-order chi connectivity index (χ0) is 26.6. The SMILES string of the molecule is CN(C)CCCNC(=O)C(=O)CC[C@H]1CC[C@@H]2[C@H](O1)c1cc(C(F)(F)F)ccc1N[C@H]2c1ccccc1. The molecule has 4 atom stereocenters. The van der Waals surface area contributed by atoms with Gasteiger partial charge in [-0.2, -0.15) is 13.2 Å². The van der Waals surface area contributed by atoms with Gasteiger partial charge in [0.15, 0.2) is 0 Å². The van der Waals surface area contributed by atoms with Gasteiger partial charge < -0.3 is 20.3 Å². The molecule has 0 aromatic heterocycles. The van der Waals surface area contributed by atoms with Gasteiger partial charge in [0.25, 0.3) is 5.91 Å². The van der Waals surface area contributed by atoms with Gasteiger partial charge in [-0.3, -0.25) is 9.59 Å². The minimum Gasteiger partial charge on any atom is -0.378 e.